The third kappa shape index (κ3) is 3.59. The second-order valence-electron chi connectivity index (χ2n) is 5.27. The number of nitrogens with zero attached hydrogens (tertiary/aromatic N) is 1. The van der Waals surface area contributed by atoms with E-state index in [-0.39, 0.29) is 22.4 Å². The Morgan fingerprint density at radius 3 is 2.67 bits per heavy atom. The van der Waals surface area contributed by atoms with Gasteiger partial charge in [-0.15, -0.1) is 0 Å². The third-order valence-electron chi connectivity index (χ3n) is 3.49. The Labute approximate surface area is 137 Å². The summed E-state index contributed by atoms with van der Waals surface area (Å²) in [5.41, 5.74) is 0. The number of carboxylic acid groups (broad SMARTS) is 1. The first kappa shape index (κ1) is 16.7. The normalized spacial score (nSPS) is 24.0. The molecule has 2 rings (SSSR count). The lowest BCUT2D eigenvalue weighted by Crippen LogP contribution is -2.45. The van der Waals surface area contributed by atoms with Crippen LogP contribution in [0.1, 0.15) is 13.3 Å². The summed E-state index contributed by atoms with van der Waals surface area (Å²) in [6.45, 7) is 2.13. The van der Waals surface area contributed by atoms with Gasteiger partial charge in [-0.3, -0.25) is 4.79 Å². The molecule has 1 saturated heterocycles. The van der Waals surface area contributed by atoms with Gasteiger partial charge in [0.25, 0.3) is 0 Å². The number of aliphatic carboxylic acids is 1. The summed E-state index contributed by atoms with van der Waals surface area (Å²) in [5.74, 6) is -1.66. The van der Waals surface area contributed by atoms with Crippen LogP contribution in [0.25, 0.3) is 0 Å². The van der Waals surface area contributed by atoms with E-state index in [2.05, 4.69) is 15.9 Å². The summed E-state index contributed by atoms with van der Waals surface area (Å²) in [5, 5.41) is 9.27. The SMILES string of the molecule is CC1CC(C(=O)O)CN(S(=O)(=O)c2ccc(Br)cc2Cl)C1. The number of sulfonamides is 1. The highest BCUT2D eigenvalue weighted by molar-refractivity contribution is 9.10. The summed E-state index contributed by atoms with van der Waals surface area (Å²) in [7, 11) is -3.79. The predicted octanol–water partition coefficient (Wildman–Crippen LogP) is 2.83. The summed E-state index contributed by atoms with van der Waals surface area (Å²) < 4.78 is 27.2. The zero-order chi connectivity index (χ0) is 15.8. The number of carbonyl (C=O) groups is 1. The van der Waals surface area contributed by atoms with Gasteiger partial charge in [0.05, 0.1) is 10.9 Å². The van der Waals surface area contributed by atoms with Gasteiger partial charge in [0.2, 0.25) is 10.0 Å². The first-order valence-corrected chi connectivity index (χ1v) is 9.01. The minimum Gasteiger partial charge on any atom is -0.481 e. The Morgan fingerprint density at radius 2 is 2.10 bits per heavy atom. The average molecular weight is 397 g/mol. The van der Waals surface area contributed by atoms with Crippen LogP contribution in [0, 0.1) is 11.8 Å². The van der Waals surface area contributed by atoms with E-state index in [4.69, 9.17) is 16.7 Å². The van der Waals surface area contributed by atoms with E-state index in [1.165, 1.54) is 16.4 Å². The Kier molecular flexibility index (Phi) is 4.97. The molecule has 0 spiro atoms. The number of piperidine rings is 1. The van der Waals surface area contributed by atoms with Crippen molar-refractivity contribution in [2.45, 2.75) is 18.2 Å². The molecule has 2 atom stereocenters. The Hall–Kier alpha value is -0.630. The molecule has 0 bridgehead atoms. The highest BCUT2D eigenvalue weighted by atomic mass is 79.9. The number of carboxylic acids is 1. The zero-order valence-electron chi connectivity index (χ0n) is 11.3. The summed E-state index contributed by atoms with van der Waals surface area (Å²) in [6, 6.07) is 4.54. The third-order valence-corrected chi connectivity index (χ3v) is 6.30. The smallest absolute Gasteiger partial charge is 0.307 e. The van der Waals surface area contributed by atoms with Crippen molar-refractivity contribution in [3.63, 3.8) is 0 Å². The van der Waals surface area contributed by atoms with Crippen LogP contribution in [-0.4, -0.2) is 36.9 Å². The van der Waals surface area contributed by atoms with E-state index in [0.29, 0.717) is 17.4 Å². The van der Waals surface area contributed by atoms with Gasteiger partial charge in [-0.2, -0.15) is 4.31 Å². The topological polar surface area (TPSA) is 74.7 Å². The molecule has 8 heteroatoms. The molecule has 0 radical (unpaired) electrons. The van der Waals surface area contributed by atoms with Gasteiger partial charge in [-0.25, -0.2) is 8.42 Å². The lowest BCUT2D eigenvalue weighted by molar-refractivity contribution is -0.143. The second-order valence-corrected chi connectivity index (χ2v) is 8.50. The molecule has 1 heterocycles. The standard InChI is InChI=1S/C13H15BrClNO4S/c1-8-4-9(13(17)18)7-16(6-8)21(19,20)12-3-2-10(14)5-11(12)15/h2-3,5,8-9H,4,6-7H2,1H3,(H,17,18). The number of hydrogen-bond acceptors (Lipinski definition) is 3. The molecule has 0 amide bonds. The van der Waals surface area contributed by atoms with E-state index in [1.807, 2.05) is 6.92 Å². The maximum atomic E-state index is 12.7. The van der Waals surface area contributed by atoms with Crippen LogP contribution in [0.15, 0.2) is 27.6 Å². The van der Waals surface area contributed by atoms with Crippen LogP contribution >= 0.6 is 27.5 Å². The lowest BCUT2D eigenvalue weighted by atomic mass is 9.92. The van der Waals surface area contributed by atoms with E-state index in [1.54, 1.807) is 6.07 Å². The fourth-order valence-electron chi connectivity index (χ4n) is 2.50. The summed E-state index contributed by atoms with van der Waals surface area (Å²) in [6.07, 6.45) is 0.482. The minimum absolute atomic E-state index is 0.00519. The van der Waals surface area contributed by atoms with Gasteiger partial charge < -0.3 is 5.11 Å². The molecule has 21 heavy (non-hydrogen) atoms. The van der Waals surface area contributed by atoms with Crippen molar-refractivity contribution in [3.8, 4) is 0 Å². The van der Waals surface area contributed by atoms with E-state index in [9.17, 15) is 13.2 Å². The molecule has 0 aromatic heterocycles. The fraction of sp³-hybridized carbons (Fsp3) is 0.462. The second kappa shape index (κ2) is 6.24. The summed E-state index contributed by atoms with van der Waals surface area (Å²) in [4.78, 5) is 11.2. The molecular weight excluding hydrogens is 382 g/mol. The van der Waals surface area contributed by atoms with Crippen molar-refractivity contribution in [2.24, 2.45) is 11.8 Å². The molecule has 0 aliphatic carbocycles. The monoisotopic (exact) mass is 395 g/mol. The molecule has 1 N–H and O–H groups in total. The Balaban J connectivity index is 2.36. The minimum atomic E-state index is -3.79. The molecular formula is C13H15BrClNO4S. The Morgan fingerprint density at radius 1 is 1.43 bits per heavy atom. The molecule has 1 aliphatic heterocycles. The Bertz CT molecular complexity index is 664. The fourth-order valence-corrected chi connectivity index (χ4v) is 5.12. The number of halogens is 2. The average Bonchev–Trinajstić information content (AvgIpc) is 2.37. The van der Waals surface area contributed by atoms with Crippen molar-refractivity contribution in [2.75, 3.05) is 13.1 Å². The largest absolute Gasteiger partial charge is 0.481 e. The highest BCUT2D eigenvalue weighted by Crippen LogP contribution is 2.31. The van der Waals surface area contributed by atoms with Crippen molar-refractivity contribution < 1.29 is 18.3 Å². The number of benzene rings is 1. The van der Waals surface area contributed by atoms with Crippen molar-refractivity contribution in [1.29, 1.82) is 0 Å². The van der Waals surface area contributed by atoms with Crippen LogP contribution in [0.2, 0.25) is 5.02 Å². The van der Waals surface area contributed by atoms with Crippen LogP contribution in [0.3, 0.4) is 0 Å². The predicted molar refractivity (Wildman–Crippen MR) is 82.8 cm³/mol. The van der Waals surface area contributed by atoms with Crippen LogP contribution in [0.4, 0.5) is 0 Å². The van der Waals surface area contributed by atoms with Gasteiger partial charge in [-0.05, 0) is 30.5 Å². The van der Waals surface area contributed by atoms with E-state index >= 15 is 0 Å². The first-order chi connectivity index (χ1) is 9.71. The van der Waals surface area contributed by atoms with Crippen molar-refractivity contribution in [3.05, 3.63) is 27.7 Å². The van der Waals surface area contributed by atoms with Crippen LogP contribution < -0.4 is 0 Å². The zero-order valence-corrected chi connectivity index (χ0v) is 14.4. The van der Waals surface area contributed by atoms with Crippen molar-refractivity contribution in [1.82, 2.24) is 4.31 Å². The lowest BCUT2D eigenvalue weighted by Gasteiger charge is -2.33. The maximum absolute atomic E-state index is 12.7. The molecule has 5 nitrogen and oxygen atoms in total. The van der Waals surface area contributed by atoms with Gasteiger partial charge in [0.15, 0.2) is 0 Å². The van der Waals surface area contributed by atoms with Crippen LogP contribution in [0.5, 0.6) is 0 Å². The van der Waals surface area contributed by atoms with Gasteiger partial charge in [0, 0.05) is 17.6 Å². The molecule has 0 saturated carbocycles. The molecule has 1 aromatic carbocycles. The summed E-state index contributed by atoms with van der Waals surface area (Å²) >= 11 is 9.24. The van der Waals surface area contributed by atoms with Gasteiger partial charge in [0.1, 0.15) is 4.90 Å². The van der Waals surface area contributed by atoms with E-state index < -0.39 is 21.9 Å². The molecule has 116 valence electrons. The molecule has 1 fully saturated rings. The molecule has 1 aliphatic rings. The van der Waals surface area contributed by atoms with Crippen molar-refractivity contribution >= 4 is 43.5 Å². The van der Waals surface area contributed by atoms with Gasteiger partial charge >= 0.3 is 5.97 Å². The highest BCUT2D eigenvalue weighted by Gasteiger charge is 2.36. The molecule has 2 unspecified atom stereocenters. The van der Waals surface area contributed by atoms with Gasteiger partial charge in [-0.1, -0.05) is 34.5 Å². The first-order valence-electron chi connectivity index (χ1n) is 6.40. The van der Waals surface area contributed by atoms with Crippen LogP contribution in [-0.2, 0) is 14.8 Å². The number of rotatable bonds is 3. The number of hydrogen-bond donors (Lipinski definition) is 1. The molecule has 1 aromatic rings. The van der Waals surface area contributed by atoms with E-state index in [0.717, 1.165) is 0 Å². The quantitative estimate of drug-likeness (QED) is 0.852. The maximum Gasteiger partial charge on any atom is 0.307 e.